The number of hydrazine groups is 1. The maximum absolute atomic E-state index is 12.8. The van der Waals surface area contributed by atoms with E-state index in [0.717, 1.165) is 12.1 Å². The lowest BCUT2D eigenvalue weighted by atomic mass is 10.3. The first kappa shape index (κ1) is 15.7. The monoisotopic (exact) mass is 323 g/mol. The van der Waals surface area contributed by atoms with Crippen LogP contribution in [0.4, 0.5) is 4.39 Å². The highest BCUT2D eigenvalue weighted by molar-refractivity contribution is 6.32. The molecule has 2 aromatic rings. The number of amides is 2. The topological polar surface area (TPSA) is 80.3 Å². The van der Waals surface area contributed by atoms with Crippen molar-refractivity contribution < 1.29 is 18.7 Å². The molecule has 0 fully saturated rings. The van der Waals surface area contributed by atoms with E-state index in [1.807, 2.05) is 0 Å². The van der Waals surface area contributed by atoms with Crippen molar-refractivity contribution in [3.63, 3.8) is 0 Å². The van der Waals surface area contributed by atoms with Crippen molar-refractivity contribution in [1.29, 1.82) is 0 Å². The first-order valence-electron chi connectivity index (χ1n) is 6.13. The fourth-order valence-corrected chi connectivity index (χ4v) is 1.69. The average molecular weight is 324 g/mol. The van der Waals surface area contributed by atoms with E-state index in [4.69, 9.17) is 16.3 Å². The van der Waals surface area contributed by atoms with Crippen LogP contribution in [-0.4, -0.2) is 23.4 Å². The summed E-state index contributed by atoms with van der Waals surface area (Å²) in [6.07, 6.45) is 2.88. The van der Waals surface area contributed by atoms with Crippen LogP contribution in [0.15, 0.2) is 42.7 Å². The molecule has 2 amide bonds. The minimum absolute atomic E-state index is 0.0483. The number of carbonyl (C=O) groups excluding carboxylic acids is 2. The van der Waals surface area contributed by atoms with E-state index in [-0.39, 0.29) is 10.8 Å². The van der Waals surface area contributed by atoms with Gasteiger partial charge >= 0.3 is 0 Å². The molecular formula is C14H11ClFN3O3. The summed E-state index contributed by atoms with van der Waals surface area (Å²) >= 11 is 5.75. The van der Waals surface area contributed by atoms with Gasteiger partial charge < -0.3 is 4.74 Å². The third-order valence-corrected chi connectivity index (χ3v) is 2.79. The summed E-state index contributed by atoms with van der Waals surface area (Å²) in [4.78, 5) is 27.0. The van der Waals surface area contributed by atoms with E-state index in [1.165, 1.54) is 18.5 Å². The number of carbonyl (C=O) groups is 2. The second-order valence-electron chi connectivity index (χ2n) is 4.11. The number of halogens is 2. The summed E-state index contributed by atoms with van der Waals surface area (Å²) in [6, 6.07) is 6.67. The number of pyridine rings is 1. The average Bonchev–Trinajstić information content (AvgIpc) is 2.52. The van der Waals surface area contributed by atoms with Crippen LogP contribution in [0, 0.1) is 5.82 Å². The van der Waals surface area contributed by atoms with E-state index >= 15 is 0 Å². The molecule has 0 radical (unpaired) electrons. The third kappa shape index (κ3) is 4.42. The smallest absolute Gasteiger partial charge is 0.276 e. The number of nitrogens with one attached hydrogen (secondary N) is 2. The second kappa shape index (κ2) is 7.37. The molecule has 1 aromatic carbocycles. The first-order chi connectivity index (χ1) is 10.6. The Kier molecular flexibility index (Phi) is 5.26. The van der Waals surface area contributed by atoms with E-state index in [0.29, 0.717) is 5.56 Å². The molecule has 1 aromatic heterocycles. The van der Waals surface area contributed by atoms with E-state index in [2.05, 4.69) is 15.8 Å². The molecule has 6 nitrogen and oxygen atoms in total. The SMILES string of the molecule is O=C(COc1ccc(F)cc1Cl)NNC(=O)c1cccnc1. The van der Waals surface area contributed by atoms with Gasteiger partial charge in [-0.3, -0.25) is 25.4 Å². The standard InChI is InChI=1S/C14H11ClFN3O3/c15-11-6-10(16)3-4-12(11)22-8-13(20)18-19-14(21)9-2-1-5-17-7-9/h1-7H,8H2,(H,18,20)(H,19,21). The van der Waals surface area contributed by atoms with Crippen LogP contribution in [0.3, 0.4) is 0 Å². The molecule has 8 heteroatoms. The zero-order valence-electron chi connectivity index (χ0n) is 11.2. The lowest BCUT2D eigenvalue weighted by molar-refractivity contribution is -0.123. The van der Waals surface area contributed by atoms with Gasteiger partial charge in [-0.15, -0.1) is 0 Å². The second-order valence-corrected chi connectivity index (χ2v) is 4.51. The summed E-state index contributed by atoms with van der Waals surface area (Å²) in [7, 11) is 0. The molecule has 0 bridgehead atoms. The lowest BCUT2D eigenvalue weighted by Gasteiger charge is -2.09. The summed E-state index contributed by atoms with van der Waals surface area (Å²) in [5, 5.41) is 0.0483. The van der Waals surface area contributed by atoms with Gasteiger partial charge in [-0.1, -0.05) is 11.6 Å². The van der Waals surface area contributed by atoms with Gasteiger partial charge in [-0.05, 0) is 30.3 Å². The molecule has 2 N–H and O–H groups in total. The molecule has 22 heavy (non-hydrogen) atoms. The largest absolute Gasteiger partial charge is 0.482 e. The van der Waals surface area contributed by atoms with Crippen LogP contribution < -0.4 is 15.6 Å². The van der Waals surface area contributed by atoms with Crippen LogP contribution in [0.1, 0.15) is 10.4 Å². The van der Waals surface area contributed by atoms with Crippen molar-refractivity contribution in [2.45, 2.75) is 0 Å². The molecule has 0 aliphatic carbocycles. The van der Waals surface area contributed by atoms with Gasteiger partial charge in [0.1, 0.15) is 11.6 Å². The number of hydrogen-bond acceptors (Lipinski definition) is 4. The number of aromatic nitrogens is 1. The Labute approximate surface area is 130 Å². The minimum atomic E-state index is -0.599. The van der Waals surface area contributed by atoms with Crippen molar-refractivity contribution in [3.8, 4) is 5.75 Å². The Bertz CT molecular complexity index is 682. The maximum Gasteiger partial charge on any atom is 0.276 e. The fourth-order valence-electron chi connectivity index (χ4n) is 1.47. The van der Waals surface area contributed by atoms with Crippen LogP contribution in [0.25, 0.3) is 0 Å². The zero-order valence-corrected chi connectivity index (χ0v) is 11.9. The van der Waals surface area contributed by atoms with Gasteiger partial charge in [0.05, 0.1) is 10.6 Å². The Morgan fingerprint density at radius 2 is 2.09 bits per heavy atom. The summed E-state index contributed by atoms with van der Waals surface area (Å²) in [5.74, 6) is -1.46. The zero-order chi connectivity index (χ0) is 15.9. The Hall–Kier alpha value is -2.67. The van der Waals surface area contributed by atoms with Gasteiger partial charge in [-0.25, -0.2) is 4.39 Å². The quantitative estimate of drug-likeness (QED) is 0.839. The van der Waals surface area contributed by atoms with Gasteiger partial charge in [0.15, 0.2) is 6.61 Å². The van der Waals surface area contributed by atoms with E-state index in [9.17, 15) is 14.0 Å². The Balaban J connectivity index is 1.80. The summed E-state index contributed by atoms with van der Waals surface area (Å²) in [5.41, 5.74) is 4.68. The highest BCUT2D eigenvalue weighted by atomic mass is 35.5. The normalized spacial score (nSPS) is 9.91. The molecule has 0 saturated carbocycles. The molecule has 0 unspecified atom stereocenters. The minimum Gasteiger partial charge on any atom is -0.482 e. The van der Waals surface area contributed by atoms with Crippen LogP contribution >= 0.6 is 11.6 Å². The van der Waals surface area contributed by atoms with Crippen molar-refractivity contribution >= 4 is 23.4 Å². The molecular weight excluding hydrogens is 313 g/mol. The van der Waals surface area contributed by atoms with Gasteiger partial charge in [0.25, 0.3) is 11.8 Å². The van der Waals surface area contributed by atoms with Gasteiger partial charge in [0.2, 0.25) is 0 Å². The maximum atomic E-state index is 12.8. The number of nitrogens with zero attached hydrogens (tertiary/aromatic N) is 1. The van der Waals surface area contributed by atoms with Gasteiger partial charge in [-0.2, -0.15) is 0 Å². The van der Waals surface area contributed by atoms with E-state index < -0.39 is 24.2 Å². The predicted molar refractivity (Wildman–Crippen MR) is 76.8 cm³/mol. The number of rotatable bonds is 4. The highest BCUT2D eigenvalue weighted by Gasteiger charge is 2.09. The third-order valence-electron chi connectivity index (χ3n) is 2.49. The molecule has 0 aliphatic rings. The molecule has 1 heterocycles. The molecule has 0 spiro atoms. The van der Waals surface area contributed by atoms with Crippen molar-refractivity contribution in [3.05, 3.63) is 59.1 Å². The van der Waals surface area contributed by atoms with E-state index in [1.54, 1.807) is 12.1 Å². The molecule has 2 rings (SSSR count). The van der Waals surface area contributed by atoms with Crippen molar-refractivity contribution in [1.82, 2.24) is 15.8 Å². The molecule has 0 atom stereocenters. The molecule has 0 aliphatic heterocycles. The van der Waals surface area contributed by atoms with Crippen molar-refractivity contribution in [2.75, 3.05) is 6.61 Å². The summed E-state index contributed by atoms with van der Waals surface area (Å²) < 4.78 is 18.0. The Morgan fingerprint density at radius 3 is 2.77 bits per heavy atom. The Morgan fingerprint density at radius 1 is 1.27 bits per heavy atom. The van der Waals surface area contributed by atoms with Crippen LogP contribution in [-0.2, 0) is 4.79 Å². The molecule has 0 saturated heterocycles. The first-order valence-corrected chi connectivity index (χ1v) is 6.51. The van der Waals surface area contributed by atoms with Crippen LogP contribution in [0.2, 0.25) is 5.02 Å². The van der Waals surface area contributed by atoms with Gasteiger partial charge in [0, 0.05) is 12.4 Å². The predicted octanol–water partition coefficient (Wildman–Crippen LogP) is 1.71. The van der Waals surface area contributed by atoms with Crippen LogP contribution in [0.5, 0.6) is 5.75 Å². The highest BCUT2D eigenvalue weighted by Crippen LogP contribution is 2.24. The summed E-state index contributed by atoms with van der Waals surface area (Å²) in [6.45, 7) is -0.390. The number of hydrogen-bond donors (Lipinski definition) is 2. The number of ether oxygens (including phenoxy) is 1. The lowest BCUT2D eigenvalue weighted by Crippen LogP contribution is -2.43. The number of benzene rings is 1. The van der Waals surface area contributed by atoms with Crippen molar-refractivity contribution in [2.24, 2.45) is 0 Å². The fraction of sp³-hybridized carbons (Fsp3) is 0.0714. The molecule has 114 valence electrons.